The second-order valence-corrected chi connectivity index (χ2v) is 8.15. The Labute approximate surface area is 159 Å². The van der Waals surface area contributed by atoms with E-state index in [4.69, 9.17) is 11.0 Å². The fraction of sp³-hybridized carbons (Fsp3) is 0.0952. The van der Waals surface area contributed by atoms with Crippen LogP contribution in [0.5, 0.6) is 0 Å². The molecule has 0 atom stereocenters. The normalized spacial score (nSPS) is 11.0. The van der Waals surface area contributed by atoms with Crippen LogP contribution in [0.15, 0.2) is 82.6 Å². The molecule has 0 aromatic heterocycles. The highest BCUT2D eigenvalue weighted by Crippen LogP contribution is 2.23. The highest BCUT2D eigenvalue weighted by molar-refractivity contribution is 7.91. The van der Waals surface area contributed by atoms with E-state index in [9.17, 15) is 8.42 Å². The Balaban J connectivity index is 1.79. The predicted molar refractivity (Wildman–Crippen MR) is 106 cm³/mol. The Morgan fingerprint density at radius 2 is 1.59 bits per heavy atom. The highest BCUT2D eigenvalue weighted by Gasteiger charge is 2.17. The van der Waals surface area contributed by atoms with Crippen molar-refractivity contribution >= 4 is 21.2 Å². The van der Waals surface area contributed by atoms with Gasteiger partial charge in [0.05, 0.1) is 15.4 Å². The topological polar surface area (TPSA) is 87.2 Å². The van der Waals surface area contributed by atoms with E-state index in [1.807, 2.05) is 18.0 Å². The van der Waals surface area contributed by atoms with Gasteiger partial charge in [0.25, 0.3) is 0 Å². The second-order valence-electron chi connectivity index (χ2n) is 6.20. The summed E-state index contributed by atoms with van der Waals surface area (Å²) in [4.78, 5) is 2.51. The van der Waals surface area contributed by atoms with E-state index in [-0.39, 0.29) is 9.79 Å². The van der Waals surface area contributed by atoms with Crippen molar-refractivity contribution in [3.63, 3.8) is 0 Å². The van der Waals surface area contributed by atoms with E-state index in [0.29, 0.717) is 17.8 Å². The van der Waals surface area contributed by atoms with Crippen molar-refractivity contribution in [2.24, 2.45) is 0 Å². The molecule has 0 aliphatic carbocycles. The molecular formula is C21H19N3O2S. The van der Waals surface area contributed by atoms with E-state index in [2.05, 4.69) is 6.07 Å². The van der Waals surface area contributed by atoms with E-state index in [0.717, 1.165) is 11.3 Å². The molecule has 3 aromatic rings. The summed E-state index contributed by atoms with van der Waals surface area (Å²) >= 11 is 0. The molecule has 0 aliphatic rings. The minimum absolute atomic E-state index is 0.263. The fourth-order valence-electron chi connectivity index (χ4n) is 2.75. The van der Waals surface area contributed by atoms with Crippen LogP contribution in [0.3, 0.4) is 0 Å². The number of sulfone groups is 1. The summed E-state index contributed by atoms with van der Waals surface area (Å²) in [6.07, 6.45) is 0. The zero-order chi connectivity index (χ0) is 19.4. The molecule has 2 N–H and O–H groups in total. The molecule has 3 aromatic carbocycles. The number of nitrogens with two attached hydrogens (primary N) is 1. The van der Waals surface area contributed by atoms with Gasteiger partial charge < -0.3 is 10.6 Å². The van der Waals surface area contributed by atoms with Crippen LogP contribution in [-0.2, 0) is 16.4 Å². The van der Waals surface area contributed by atoms with Gasteiger partial charge in [0.1, 0.15) is 6.07 Å². The summed E-state index contributed by atoms with van der Waals surface area (Å²) in [5, 5.41) is 9.11. The first-order valence-corrected chi connectivity index (χ1v) is 9.80. The number of anilines is 2. The van der Waals surface area contributed by atoms with Crippen LogP contribution in [-0.4, -0.2) is 15.5 Å². The summed E-state index contributed by atoms with van der Waals surface area (Å²) in [6.45, 7) is 0.570. The van der Waals surface area contributed by atoms with Crippen molar-refractivity contribution in [1.82, 2.24) is 0 Å². The highest BCUT2D eigenvalue weighted by atomic mass is 32.2. The van der Waals surface area contributed by atoms with E-state index in [1.165, 1.54) is 0 Å². The molecule has 0 radical (unpaired) electrons. The standard InChI is InChI=1S/C21H19N3O2S/c1-24(18-9-12-21(23)17(13-18)14-22)15-16-7-10-20(11-8-16)27(25,26)19-5-3-2-4-6-19/h2-13H,15,23H2,1H3. The lowest BCUT2D eigenvalue weighted by molar-refractivity contribution is 0.596. The molecule has 0 bridgehead atoms. The number of benzene rings is 3. The Morgan fingerprint density at radius 1 is 0.963 bits per heavy atom. The summed E-state index contributed by atoms with van der Waals surface area (Å²) in [5.41, 5.74) is 8.46. The maximum Gasteiger partial charge on any atom is 0.206 e. The summed E-state index contributed by atoms with van der Waals surface area (Å²) in [7, 11) is -1.61. The number of nitriles is 1. The smallest absolute Gasteiger partial charge is 0.206 e. The average molecular weight is 377 g/mol. The Morgan fingerprint density at radius 3 is 2.22 bits per heavy atom. The maximum absolute atomic E-state index is 12.6. The number of rotatable bonds is 5. The van der Waals surface area contributed by atoms with Gasteiger partial charge in [-0.1, -0.05) is 30.3 Å². The zero-order valence-corrected chi connectivity index (χ0v) is 15.6. The molecule has 0 unspecified atom stereocenters. The first kappa shape index (κ1) is 18.5. The molecule has 0 spiro atoms. The second kappa shape index (κ2) is 7.52. The molecule has 0 heterocycles. The quantitative estimate of drug-likeness (QED) is 0.686. The van der Waals surface area contributed by atoms with Crippen molar-refractivity contribution in [3.8, 4) is 6.07 Å². The van der Waals surface area contributed by atoms with Gasteiger partial charge in [0.2, 0.25) is 9.84 Å². The van der Waals surface area contributed by atoms with Gasteiger partial charge >= 0.3 is 0 Å². The number of hydrogen-bond acceptors (Lipinski definition) is 5. The van der Waals surface area contributed by atoms with Crippen molar-refractivity contribution in [2.45, 2.75) is 16.3 Å². The van der Waals surface area contributed by atoms with Gasteiger partial charge in [-0.3, -0.25) is 0 Å². The van der Waals surface area contributed by atoms with Crippen LogP contribution in [0, 0.1) is 11.3 Å². The number of hydrogen-bond donors (Lipinski definition) is 1. The molecule has 0 saturated heterocycles. The van der Waals surface area contributed by atoms with Crippen molar-refractivity contribution in [3.05, 3.63) is 83.9 Å². The molecule has 3 rings (SSSR count). The van der Waals surface area contributed by atoms with Crippen LogP contribution < -0.4 is 10.6 Å². The van der Waals surface area contributed by atoms with E-state index in [1.54, 1.807) is 66.7 Å². The lowest BCUT2D eigenvalue weighted by Crippen LogP contribution is -2.16. The Hall–Kier alpha value is -3.30. The third-order valence-corrected chi connectivity index (χ3v) is 6.09. The van der Waals surface area contributed by atoms with Gasteiger partial charge in [-0.05, 0) is 48.0 Å². The van der Waals surface area contributed by atoms with E-state index >= 15 is 0 Å². The molecule has 136 valence electrons. The molecule has 27 heavy (non-hydrogen) atoms. The van der Waals surface area contributed by atoms with Crippen LogP contribution in [0.25, 0.3) is 0 Å². The molecule has 0 saturated carbocycles. The van der Waals surface area contributed by atoms with Crippen LogP contribution in [0.4, 0.5) is 11.4 Å². The van der Waals surface area contributed by atoms with Gasteiger partial charge in [0, 0.05) is 25.0 Å². The lowest BCUT2D eigenvalue weighted by atomic mass is 10.1. The monoisotopic (exact) mass is 377 g/mol. The van der Waals surface area contributed by atoms with Crippen molar-refractivity contribution < 1.29 is 8.42 Å². The first-order chi connectivity index (χ1) is 12.9. The van der Waals surface area contributed by atoms with Gasteiger partial charge in [-0.2, -0.15) is 5.26 Å². The molecule has 0 aliphatic heterocycles. The first-order valence-electron chi connectivity index (χ1n) is 8.31. The Bertz CT molecular complexity index is 1090. The van der Waals surface area contributed by atoms with Crippen molar-refractivity contribution in [2.75, 3.05) is 17.7 Å². The van der Waals surface area contributed by atoms with Gasteiger partial charge in [0.15, 0.2) is 0 Å². The van der Waals surface area contributed by atoms with Gasteiger partial charge in [-0.15, -0.1) is 0 Å². The lowest BCUT2D eigenvalue weighted by Gasteiger charge is -2.20. The SMILES string of the molecule is CN(Cc1ccc(S(=O)(=O)c2ccccc2)cc1)c1ccc(N)c(C#N)c1. The summed E-state index contributed by atoms with van der Waals surface area (Å²) in [5.74, 6) is 0. The van der Waals surface area contributed by atoms with Crippen LogP contribution in [0.1, 0.15) is 11.1 Å². The predicted octanol–water partition coefficient (Wildman–Crippen LogP) is 3.61. The summed E-state index contributed by atoms with van der Waals surface area (Å²) < 4.78 is 25.3. The Kier molecular flexibility index (Phi) is 5.15. The third kappa shape index (κ3) is 3.94. The third-order valence-electron chi connectivity index (χ3n) is 4.31. The number of nitrogens with zero attached hydrogens (tertiary/aromatic N) is 2. The fourth-order valence-corrected chi connectivity index (χ4v) is 4.04. The largest absolute Gasteiger partial charge is 0.398 e. The molecule has 0 fully saturated rings. The van der Waals surface area contributed by atoms with E-state index < -0.39 is 9.84 Å². The maximum atomic E-state index is 12.6. The minimum atomic E-state index is -3.51. The van der Waals surface area contributed by atoms with Crippen LogP contribution in [0.2, 0.25) is 0 Å². The minimum Gasteiger partial charge on any atom is -0.398 e. The molecule has 6 heteroatoms. The molecule has 5 nitrogen and oxygen atoms in total. The van der Waals surface area contributed by atoms with Crippen LogP contribution >= 0.6 is 0 Å². The number of nitrogen functional groups attached to an aromatic ring is 1. The molecule has 0 amide bonds. The average Bonchev–Trinajstić information content (AvgIpc) is 2.69. The molecular weight excluding hydrogens is 358 g/mol. The summed E-state index contributed by atoms with van der Waals surface area (Å²) in [6, 6.07) is 22.6. The zero-order valence-electron chi connectivity index (χ0n) is 14.8. The van der Waals surface area contributed by atoms with Crippen molar-refractivity contribution in [1.29, 1.82) is 5.26 Å². The van der Waals surface area contributed by atoms with Gasteiger partial charge in [-0.25, -0.2) is 8.42 Å².